The molecule has 3 aliphatic heterocycles. The van der Waals surface area contributed by atoms with Crippen LogP contribution in [0.4, 0.5) is 15.8 Å². The number of aromatic nitrogens is 2. The smallest absolute Gasteiger partial charge is 0.148 e. The van der Waals surface area contributed by atoms with Gasteiger partial charge in [-0.2, -0.15) is 0 Å². The maximum Gasteiger partial charge on any atom is 0.148 e. The van der Waals surface area contributed by atoms with Gasteiger partial charge < -0.3 is 15.4 Å². The van der Waals surface area contributed by atoms with E-state index in [1.54, 1.807) is 17.6 Å². The Hall–Kier alpha value is -1.74. The minimum Gasteiger partial charge on any atom is -0.379 e. The zero-order valence-corrected chi connectivity index (χ0v) is 17.4. The number of nitrogens with one attached hydrogen (secondary N) is 2. The molecule has 0 saturated carbocycles. The quantitative estimate of drug-likeness (QED) is 0.647. The Morgan fingerprint density at radius 3 is 3.14 bits per heavy atom. The Kier molecular flexibility index (Phi) is 4.30. The van der Waals surface area contributed by atoms with Gasteiger partial charge in [-0.3, -0.25) is 0 Å². The van der Waals surface area contributed by atoms with E-state index in [1.165, 1.54) is 23.3 Å². The van der Waals surface area contributed by atoms with Crippen LogP contribution in [-0.4, -0.2) is 40.5 Å². The lowest BCUT2D eigenvalue weighted by Crippen LogP contribution is -2.48. The molecule has 0 radical (unpaired) electrons. The number of rotatable bonds is 3. The van der Waals surface area contributed by atoms with Crippen LogP contribution in [0.5, 0.6) is 0 Å². The van der Waals surface area contributed by atoms with E-state index in [-0.39, 0.29) is 11.4 Å². The SMILES string of the molecule is Fc1cc2scnc2cc1Nc1ccnc2c1CC([C@@H]1CCN[C@]13CCOC3)S2. The number of thiazole rings is 1. The van der Waals surface area contributed by atoms with Gasteiger partial charge in [0.15, 0.2) is 0 Å². The Balaban J connectivity index is 1.29. The van der Waals surface area contributed by atoms with Crippen LogP contribution in [-0.2, 0) is 11.2 Å². The van der Waals surface area contributed by atoms with Crippen LogP contribution in [0.2, 0.25) is 0 Å². The molecule has 1 spiro atoms. The van der Waals surface area contributed by atoms with Crippen molar-refractivity contribution in [2.24, 2.45) is 5.92 Å². The lowest BCUT2D eigenvalue weighted by atomic mass is 9.81. The van der Waals surface area contributed by atoms with Gasteiger partial charge in [-0.15, -0.1) is 23.1 Å². The van der Waals surface area contributed by atoms with Crippen molar-refractivity contribution in [1.82, 2.24) is 15.3 Å². The molecule has 0 bridgehead atoms. The predicted octanol–water partition coefficient (Wildman–Crippen LogP) is 4.36. The molecular formula is C21H21FN4OS2. The van der Waals surface area contributed by atoms with Crippen LogP contribution in [0.15, 0.2) is 34.9 Å². The van der Waals surface area contributed by atoms with Gasteiger partial charge >= 0.3 is 0 Å². The first-order chi connectivity index (χ1) is 14.2. The van der Waals surface area contributed by atoms with E-state index in [0.29, 0.717) is 16.9 Å². The van der Waals surface area contributed by atoms with Crippen molar-refractivity contribution in [3.8, 4) is 0 Å². The molecule has 3 atom stereocenters. The molecule has 150 valence electrons. The van der Waals surface area contributed by atoms with Crippen molar-refractivity contribution >= 4 is 44.7 Å². The normalized spacial score (nSPS) is 28.4. The summed E-state index contributed by atoms with van der Waals surface area (Å²) < 4.78 is 21.2. The van der Waals surface area contributed by atoms with E-state index in [1.807, 2.05) is 24.0 Å². The highest BCUT2D eigenvalue weighted by Gasteiger charge is 2.50. The second kappa shape index (κ2) is 6.91. The van der Waals surface area contributed by atoms with E-state index in [9.17, 15) is 4.39 Å². The summed E-state index contributed by atoms with van der Waals surface area (Å²) in [5.74, 6) is 0.316. The molecule has 6 rings (SSSR count). The number of hydrogen-bond acceptors (Lipinski definition) is 7. The molecule has 1 aromatic carbocycles. The fraction of sp³-hybridized carbons (Fsp3) is 0.429. The number of anilines is 2. The molecule has 0 amide bonds. The van der Waals surface area contributed by atoms with Crippen LogP contribution in [0.3, 0.4) is 0 Å². The lowest BCUT2D eigenvalue weighted by Gasteiger charge is -2.33. The highest BCUT2D eigenvalue weighted by molar-refractivity contribution is 8.00. The zero-order valence-electron chi connectivity index (χ0n) is 15.8. The summed E-state index contributed by atoms with van der Waals surface area (Å²) >= 11 is 3.33. The Bertz CT molecular complexity index is 1080. The number of fused-ring (bicyclic) bond motifs is 2. The monoisotopic (exact) mass is 428 g/mol. The molecule has 5 heterocycles. The second-order valence-corrected chi connectivity index (χ2v) is 10.2. The Labute approximate surface area is 176 Å². The summed E-state index contributed by atoms with van der Waals surface area (Å²) in [6.45, 7) is 2.71. The summed E-state index contributed by atoms with van der Waals surface area (Å²) in [4.78, 5) is 8.95. The standard InChI is InChI=1S/C21H21FN4OS2/c22-14-8-19-17(24-11-28-19)9-16(14)26-15-2-4-23-20-12(15)7-18(29-20)13-1-5-25-21(13)3-6-27-10-21/h2,4,8-9,11,13,18,25H,1,3,5-7,10H2,(H,23,26)/t13-,18?,21-/m0/s1. The first-order valence-corrected chi connectivity index (χ1v) is 11.7. The number of hydrogen-bond donors (Lipinski definition) is 2. The number of pyridine rings is 1. The predicted molar refractivity (Wildman–Crippen MR) is 115 cm³/mol. The van der Waals surface area contributed by atoms with Crippen molar-refractivity contribution in [1.29, 1.82) is 0 Å². The van der Waals surface area contributed by atoms with Gasteiger partial charge in [-0.05, 0) is 49.9 Å². The summed E-state index contributed by atoms with van der Waals surface area (Å²) in [7, 11) is 0. The van der Waals surface area contributed by atoms with Gasteiger partial charge in [0.05, 0.1) is 28.0 Å². The zero-order chi connectivity index (χ0) is 19.4. The topological polar surface area (TPSA) is 59.1 Å². The number of thioether (sulfide) groups is 1. The molecule has 2 fully saturated rings. The maximum atomic E-state index is 14.6. The van der Waals surface area contributed by atoms with Gasteiger partial charge in [-0.25, -0.2) is 14.4 Å². The van der Waals surface area contributed by atoms with Crippen LogP contribution >= 0.6 is 23.1 Å². The molecule has 2 saturated heterocycles. The van der Waals surface area contributed by atoms with E-state index < -0.39 is 0 Å². The summed E-state index contributed by atoms with van der Waals surface area (Å²) in [6.07, 6.45) is 5.03. The third kappa shape index (κ3) is 2.96. The van der Waals surface area contributed by atoms with Gasteiger partial charge in [-0.1, -0.05) is 0 Å². The second-order valence-electron chi connectivity index (χ2n) is 8.06. The number of halogens is 1. The molecule has 5 nitrogen and oxygen atoms in total. The fourth-order valence-electron chi connectivity index (χ4n) is 5.06. The molecule has 0 aliphatic carbocycles. The van der Waals surface area contributed by atoms with Crippen LogP contribution in [0.1, 0.15) is 18.4 Å². The highest BCUT2D eigenvalue weighted by atomic mass is 32.2. The summed E-state index contributed by atoms with van der Waals surface area (Å²) in [6, 6.07) is 5.30. The number of ether oxygens (including phenoxy) is 1. The van der Waals surface area contributed by atoms with E-state index >= 15 is 0 Å². The lowest BCUT2D eigenvalue weighted by molar-refractivity contribution is 0.155. The van der Waals surface area contributed by atoms with Crippen LogP contribution in [0, 0.1) is 11.7 Å². The average Bonchev–Trinajstić information content (AvgIpc) is 3.50. The Morgan fingerprint density at radius 2 is 2.24 bits per heavy atom. The van der Waals surface area contributed by atoms with Gasteiger partial charge in [0.2, 0.25) is 0 Å². The molecule has 3 aromatic rings. The molecule has 2 N–H and O–H groups in total. The highest BCUT2D eigenvalue weighted by Crippen LogP contribution is 2.49. The molecule has 8 heteroatoms. The van der Waals surface area contributed by atoms with Crippen molar-refractivity contribution in [3.05, 3.63) is 41.3 Å². The summed E-state index contributed by atoms with van der Waals surface area (Å²) in [5.41, 5.74) is 5.29. The third-order valence-corrected chi connectivity index (χ3v) is 8.68. The molecule has 2 aromatic heterocycles. The third-order valence-electron chi connectivity index (χ3n) is 6.52. The molecule has 29 heavy (non-hydrogen) atoms. The van der Waals surface area contributed by atoms with E-state index in [4.69, 9.17) is 4.74 Å². The molecule has 1 unspecified atom stereocenters. The summed E-state index contributed by atoms with van der Waals surface area (Å²) in [5, 5.41) is 8.60. The maximum absolute atomic E-state index is 14.6. The van der Waals surface area contributed by atoms with Crippen LogP contribution in [0.25, 0.3) is 10.2 Å². The van der Waals surface area contributed by atoms with Gasteiger partial charge in [0.1, 0.15) is 10.8 Å². The van der Waals surface area contributed by atoms with Crippen molar-refractivity contribution < 1.29 is 9.13 Å². The first kappa shape index (κ1) is 18.1. The van der Waals surface area contributed by atoms with Gasteiger partial charge in [0, 0.05) is 34.8 Å². The van der Waals surface area contributed by atoms with Gasteiger partial charge in [0.25, 0.3) is 0 Å². The van der Waals surface area contributed by atoms with Crippen molar-refractivity contribution in [3.63, 3.8) is 0 Å². The minimum absolute atomic E-state index is 0.120. The Morgan fingerprint density at radius 1 is 1.28 bits per heavy atom. The molecular weight excluding hydrogens is 407 g/mol. The van der Waals surface area contributed by atoms with Crippen LogP contribution < -0.4 is 10.6 Å². The van der Waals surface area contributed by atoms with E-state index in [0.717, 1.165) is 53.5 Å². The van der Waals surface area contributed by atoms with E-state index in [2.05, 4.69) is 20.6 Å². The average molecular weight is 429 g/mol. The van der Waals surface area contributed by atoms with Crippen molar-refractivity contribution in [2.75, 3.05) is 25.1 Å². The number of nitrogens with zero attached hydrogens (tertiary/aromatic N) is 2. The first-order valence-electron chi connectivity index (χ1n) is 9.99. The minimum atomic E-state index is -0.253. The fourth-order valence-corrected chi connectivity index (χ4v) is 7.30. The number of benzene rings is 1. The largest absolute Gasteiger partial charge is 0.379 e. The molecule has 3 aliphatic rings. The van der Waals surface area contributed by atoms with Crippen molar-refractivity contribution in [2.45, 2.75) is 35.1 Å².